The fraction of sp³-hybridized carbons (Fsp3) is 0.875. The van der Waals surface area contributed by atoms with Crippen LogP contribution in [0.4, 0.5) is 0 Å². The minimum absolute atomic E-state index is 0.0977. The third-order valence-corrected chi connectivity index (χ3v) is 6.42. The lowest BCUT2D eigenvalue weighted by Crippen LogP contribution is -2.23. The molecule has 0 aromatic carbocycles. The molecule has 0 spiro atoms. The standard InChI is InChI=1S/C8H15BrO6S2/c1-15-8(10)2-4-16(11,12)6-7-17(13,14)5-3-9/h2-7H2,1H3. The molecule has 0 saturated carbocycles. The van der Waals surface area contributed by atoms with Gasteiger partial charge in [-0.2, -0.15) is 0 Å². The third-order valence-electron chi connectivity index (χ3n) is 1.94. The minimum atomic E-state index is -3.53. The maximum absolute atomic E-state index is 11.4. The molecule has 0 radical (unpaired) electrons. The lowest BCUT2D eigenvalue weighted by atomic mass is 10.5. The van der Waals surface area contributed by atoms with Gasteiger partial charge in [-0.25, -0.2) is 16.8 Å². The van der Waals surface area contributed by atoms with E-state index in [2.05, 4.69) is 20.7 Å². The van der Waals surface area contributed by atoms with Crippen LogP contribution in [-0.2, 0) is 29.2 Å². The van der Waals surface area contributed by atoms with Gasteiger partial charge in [0.05, 0.1) is 36.5 Å². The molecule has 0 aliphatic carbocycles. The van der Waals surface area contributed by atoms with E-state index in [1.165, 1.54) is 0 Å². The molecule has 9 heteroatoms. The maximum atomic E-state index is 11.4. The van der Waals surface area contributed by atoms with Gasteiger partial charge < -0.3 is 4.74 Å². The average Bonchev–Trinajstić information content (AvgIpc) is 2.24. The normalized spacial score (nSPS) is 12.4. The molecule has 102 valence electrons. The summed E-state index contributed by atoms with van der Waals surface area (Å²) in [5.41, 5.74) is 0. The van der Waals surface area contributed by atoms with E-state index in [1.54, 1.807) is 0 Å². The van der Waals surface area contributed by atoms with Gasteiger partial charge in [-0.1, -0.05) is 15.9 Å². The molecule has 0 aromatic rings. The van der Waals surface area contributed by atoms with Crippen molar-refractivity contribution in [3.63, 3.8) is 0 Å². The molecule has 0 aliphatic rings. The number of sulfone groups is 2. The average molecular weight is 351 g/mol. The molecule has 17 heavy (non-hydrogen) atoms. The van der Waals surface area contributed by atoms with E-state index in [1.807, 2.05) is 0 Å². The highest BCUT2D eigenvalue weighted by molar-refractivity contribution is 9.09. The highest BCUT2D eigenvalue weighted by Crippen LogP contribution is 2.00. The monoisotopic (exact) mass is 350 g/mol. The van der Waals surface area contributed by atoms with Crippen molar-refractivity contribution in [2.75, 3.05) is 35.5 Å². The van der Waals surface area contributed by atoms with Crippen LogP contribution in [0, 0.1) is 0 Å². The Bertz CT molecular complexity index is 439. The van der Waals surface area contributed by atoms with E-state index in [9.17, 15) is 21.6 Å². The number of alkyl halides is 1. The van der Waals surface area contributed by atoms with Gasteiger partial charge in [-0.15, -0.1) is 0 Å². The summed E-state index contributed by atoms with van der Waals surface area (Å²) >= 11 is 2.97. The number of carbonyl (C=O) groups is 1. The van der Waals surface area contributed by atoms with Crippen molar-refractivity contribution in [1.29, 1.82) is 0 Å². The number of hydrogen-bond acceptors (Lipinski definition) is 6. The molecule has 0 amide bonds. The van der Waals surface area contributed by atoms with Crippen LogP contribution in [-0.4, -0.2) is 58.3 Å². The Kier molecular flexibility index (Phi) is 7.26. The van der Waals surface area contributed by atoms with E-state index in [-0.39, 0.29) is 23.3 Å². The molecule has 0 aromatic heterocycles. The molecular weight excluding hydrogens is 336 g/mol. The van der Waals surface area contributed by atoms with Crippen LogP contribution >= 0.6 is 15.9 Å². The van der Waals surface area contributed by atoms with Gasteiger partial charge in [-0.3, -0.25) is 4.79 Å². The van der Waals surface area contributed by atoms with Crippen LogP contribution in [0.15, 0.2) is 0 Å². The van der Waals surface area contributed by atoms with Crippen molar-refractivity contribution in [3.05, 3.63) is 0 Å². The second-order valence-corrected chi connectivity index (χ2v) is 8.72. The van der Waals surface area contributed by atoms with Crippen LogP contribution in [0.3, 0.4) is 0 Å². The number of methoxy groups -OCH3 is 1. The van der Waals surface area contributed by atoms with E-state index in [4.69, 9.17) is 0 Å². The molecule has 0 atom stereocenters. The maximum Gasteiger partial charge on any atom is 0.306 e. The van der Waals surface area contributed by atoms with Crippen LogP contribution in [0.25, 0.3) is 0 Å². The van der Waals surface area contributed by atoms with Gasteiger partial charge in [-0.05, 0) is 0 Å². The van der Waals surface area contributed by atoms with Crippen LogP contribution < -0.4 is 0 Å². The number of hydrogen-bond donors (Lipinski definition) is 0. The number of halogens is 1. The Labute approximate surface area is 110 Å². The Hall–Kier alpha value is -0.150. The van der Waals surface area contributed by atoms with E-state index < -0.39 is 37.1 Å². The molecule has 0 rings (SSSR count). The first-order valence-electron chi connectivity index (χ1n) is 4.76. The van der Waals surface area contributed by atoms with Crippen molar-refractivity contribution < 1.29 is 26.4 Å². The quantitative estimate of drug-likeness (QED) is 0.443. The molecule has 0 N–H and O–H groups in total. The number of carbonyl (C=O) groups excluding carboxylic acids is 1. The van der Waals surface area contributed by atoms with Gasteiger partial charge in [0.1, 0.15) is 0 Å². The van der Waals surface area contributed by atoms with Crippen molar-refractivity contribution in [2.24, 2.45) is 0 Å². The zero-order valence-corrected chi connectivity index (χ0v) is 12.6. The zero-order chi connectivity index (χ0) is 13.5. The van der Waals surface area contributed by atoms with Crippen LogP contribution in [0.5, 0.6) is 0 Å². The van der Waals surface area contributed by atoms with Crippen LogP contribution in [0.1, 0.15) is 6.42 Å². The molecule has 0 saturated heterocycles. The second kappa shape index (κ2) is 7.32. The summed E-state index contributed by atoms with van der Waals surface area (Å²) in [6.07, 6.45) is -0.253. The first-order chi connectivity index (χ1) is 7.72. The Morgan fingerprint density at radius 1 is 1.00 bits per heavy atom. The van der Waals surface area contributed by atoms with Crippen molar-refractivity contribution >= 4 is 41.6 Å². The summed E-state index contributed by atoms with van der Waals surface area (Å²) < 4.78 is 49.7. The Morgan fingerprint density at radius 3 is 1.88 bits per heavy atom. The number of rotatable bonds is 8. The van der Waals surface area contributed by atoms with E-state index in [0.717, 1.165) is 7.11 Å². The number of ether oxygens (including phenoxy) is 1. The molecular formula is C8H15BrO6S2. The highest BCUT2D eigenvalue weighted by atomic mass is 79.9. The topological polar surface area (TPSA) is 94.6 Å². The van der Waals surface area contributed by atoms with Gasteiger partial charge in [0.2, 0.25) is 0 Å². The third kappa shape index (κ3) is 8.56. The molecule has 0 heterocycles. The molecule has 0 unspecified atom stereocenters. The highest BCUT2D eigenvalue weighted by Gasteiger charge is 2.18. The largest absolute Gasteiger partial charge is 0.469 e. The summed E-state index contributed by atoms with van der Waals surface area (Å²) in [5.74, 6) is -1.98. The molecule has 6 nitrogen and oxygen atoms in total. The molecule has 0 bridgehead atoms. The summed E-state index contributed by atoms with van der Waals surface area (Å²) in [4.78, 5) is 10.8. The van der Waals surface area contributed by atoms with Crippen molar-refractivity contribution in [2.45, 2.75) is 6.42 Å². The SMILES string of the molecule is COC(=O)CCS(=O)(=O)CCS(=O)(=O)CCBr. The summed E-state index contributed by atoms with van der Waals surface area (Å²) in [6.45, 7) is 0. The van der Waals surface area contributed by atoms with Gasteiger partial charge >= 0.3 is 5.97 Å². The fourth-order valence-electron chi connectivity index (χ4n) is 0.917. The Morgan fingerprint density at radius 2 is 1.47 bits per heavy atom. The zero-order valence-electron chi connectivity index (χ0n) is 9.39. The smallest absolute Gasteiger partial charge is 0.306 e. The van der Waals surface area contributed by atoms with Gasteiger partial charge in [0.15, 0.2) is 19.7 Å². The summed E-state index contributed by atoms with van der Waals surface area (Å²) in [5, 5.41) is 0.275. The van der Waals surface area contributed by atoms with Crippen LogP contribution in [0.2, 0.25) is 0 Å². The fourth-order valence-corrected chi connectivity index (χ4v) is 5.55. The lowest BCUT2D eigenvalue weighted by Gasteiger charge is -2.04. The van der Waals surface area contributed by atoms with Crippen molar-refractivity contribution in [1.82, 2.24) is 0 Å². The summed E-state index contributed by atoms with van der Waals surface area (Å²) in [7, 11) is -5.72. The van der Waals surface area contributed by atoms with E-state index >= 15 is 0 Å². The van der Waals surface area contributed by atoms with Gasteiger partial charge in [0, 0.05) is 5.33 Å². The summed E-state index contributed by atoms with van der Waals surface area (Å²) in [6, 6.07) is 0. The predicted octanol–water partition coefficient (Wildman–Crippen LogP) is -0.226. The second-order valence-electron chi connectivity index (χ2n) is 3.32. The minimum Gasteiger partial charge on any atom is -0.469 e. The lowest BCUT2D eigenvalue weighted by molar-refractivity contribution is -0.140. The molecule has 0 fully saturated rings. The Balaban J connectivity index is 4.24. The first-order valence-corrected chi connectivity index (χ1v) is 9.52. The first kappa shape index (κ1) is 16.9. The number of esters is 1. The van der Waals surface area contributed by atoms with Crippen molar-refractivity contribution in [3.8, 4) is 0 Å². The van der Waals surface area contributed by atoms with Gasteiger partial charge in [0.25, 0.3) is 0 Å². The predicted molar refractivity (Wildman–Crippen MR) is 67.7 cm³/mol. The molecule has 0 aliphatic heterocycles. The van der Waals surface area contributed by atoms with E-state index in [0.29, 0.717) is 0 Å².